The van der Waals surface area contributed by atoms with Gasteiger partial charge in [-0.3, -0.25) is 0 Å². The summed E-state index contributed by atoms with van der Waals surface area (Å²) in [7, 11) is 0. The summed E-state index contributed by atoms with van der Waals surface area (Å²) in [6.45, 7) is 9.89. The van der Waals surface area contributed by atoms with Gasteiger partial charge in [-0.15, -0.1) is 0 Å². The lowest BCUT2D eigenvalue weighted by Gasteiger charge is -2.16. The summed E-state index contributed by atoms with van der Waals surface area (Å²) in [6, 6.07) is 0. The van der Waals surface area contributed by atoms with Crippen LogP contribution in [0, 0.1) is 0 Å². The van der Waals surface area contributed by atoms with Crippen molar-refractivity contribution in [3.8, 4) is 0 Å². The second-order valence-corrected chi connectivity index (χ2v) is 3.42. The maximum absolute atomic E-state index is 11.2. The molecule has 1 atom stereocenters. The van der Waals surface area contributed by atoms with E-state index in [1.165, 1.54) is 13.8 Å². The van der Waals surface area contributed by atoms with Crippen molar-refractivity contribution in [3.05, 3.63) is 24.3 Å². The Morgan fingerprint density at radius 2 is 1.69 bits per heavy atom. The lowest BCUT2D eigenvalue weighted by Crippen LogP contribution is -2.32. The van der Waals surface area contributed by atoms with Crippen molar-refractivity contribution < 1.29 is 19.1 Å². The predicted molar refractivity (Wildman–Crippen MR) is 59.5 cm³/mol. The zero-order valence-corrected chi connectivity index (χ0v) is 9.62. The van der Waals surface area contributed by atoms with E-state index in [0.717, 1.165) is 0 Å². The molecule has 0 radical (unpaired) electrons. The Bertz CT molecular complexity index is 309. The summed E-state index contributed by atoms with van der Waals surface area (Å²) in [5.74, 6) is -1.09. The van der Waals surface area contributed by atoms with E-state index in [1.807, 2.05) is 0 Å². The molecule has 0 aromatic heterocycles. The molecule has 0 bridgehead atoms. The molecule has 16 heavy (non-hydrogen) atoms. The zero-order valence-electron chi connectivity index (χ0n) is 9.62. The van der Waals surface area contributed by atoms with Gasteiger partial charge in [-0.2, -0.15) is 0 Å². The number of carbonyl (C=O) groups excluding carboxylic acids is 2. The summed E-state index contributed by atoms with van der Waals surface area (Å²) >= 11 is 0. The predicted octanol–water partition coefficient (Wildman–Crippen LogP) is 0.552. The van der Waals surface area contributed by atoms with Gasteiger partial charge in [0.25, 0.3) is 0 Å². The molecule has 0 fully saturated rings. The Morgan fingerprint density at radius 3 is 2.06 bits per heavy atom. The summed E-state index contributed by atoms with van der Waals surface area (Å²) in [5.41, 5.74) is 5.91. The maximum Gasteiger partial charge on any atom is 0.333 e. The van der Waals surface area contributed by atoms with Crippen LogP contribution in [-0.2, 0) is 19.1 Å². The van der Waals surface area contributed by atoms with E-state index in [0.29, 0.717) is 0 Å². The van der Waals surface area contributed by atoms with Gasteiger partial charge in [0.2, 0.25) is 0 Å². The molecule has 0 saturated heterocycles. The number of carbonyl (C=O) groups is 2. The van der Waals surface area contributed by atoms with Crippen LogP contribution in [0.1, 0.15) is 13.8 Å². The molecule has 0 aliphatic heterocycles. The number of ether oxygens (including phenoxy) is 2. The van der Waals surface area contributed by atoms with E-state index in [9.17, 15) is 9.59 Å². The van der Waals surface area contributed by atoms with Gasteiger partial charge in [0.1, 0.15) is 12.7 Å². The lowest BCUT2D eigenvalue weighted by atomic mass is 10.3. The van der Waals surface area contributed by atoms with Crippen LogP contribution in [-0.4, -0.2) is 31.2 Å². The summed E-state index contributed by atoms with van der Waals surface area (Å²) in [4.78, 5) is 22.2. The molecule has 0 aliphatic rings. The normalized spacial score (nSPS) is 11.4. The van der Waals surface area contributed by atoms with Gasteiger partial charge in [0.05, 0.1) is 0 Å². The zero-order chi connectivity index (χ0) is 12.7. The standard InChI is InChI=1S/C11H17NO4/c1-7(2)10(13)15-6-9(5-12)16-11(14)8(3)4/h9H,1,3,5-6,12H2,2,4H3. The van der Waals surface area contributed by atoms with Crippen molar-refractivity contribution in [1.29, 1.82) is 0 Å². The fourth-order valence-corrected chi connectivity index (χ4v) is 0.694. The highest BCUT2D eigenvalue weighted by Crippen LogP contribution is 2.00. The molecule has 0 aromatic carbocycles. The van der Waals surface area contributed by atoms with Crippen LogP contribution in [0.4, 0.5) is 0 Å². The van der Waals surface area contributed by atoms with Crippen LogP contribution in [0.2, 0.25) is 0 Å². The number of rotatable bonds is 6. The Kier molecular flexibility index (Phi) is 6.10. The first-order valence-corrected chi connectivity index (χ1v) is 4.77. The Hall–Kier alpha value is -1.62. The second-order valence-electron chi connectivity index (χ2n) is 3.42. The fourth-order valence-electron chi connectivity index (χ4n) is 0.694. The van der Waals surface area contributed by atoms with Gasteiger partial charge in [-0.05, 0) is 13.8 Å². The topological polar surface area (TPSA) is 78.6 Å². The molecule has 5 nitrogen and oxygen atoms in total. The highest BCUT2D eigenvalue weighted by Gasteiger charge is 2.15. The molecule has 0 saturated carbocycles. The average molecular weight is 227 g/mol. The molecule has 0 spiro atoms. The summed E-state index contributed by atoms with van der Waals surface area (Å²) in [6.07, 6.45) is -0.660. The molecular weight excluding hydrogens is 210 g/mol. The minimum atomic E-state index is -0.660. The van der Waals surface area contributed by atoms with Gasteiger partial charge in [-0.1, -0.05) is 13.2 Å². The van der Waals surface area contributed by atoms with Crippen molar-refractivity contribution in [2.75, 3.05) is 13.2 Å². The number of hydrogen-bond donors (Lipinski definition) is 1. The van der Waals surface area contributed by atoms with Crippen molar-refractivity contribution in [1.82, 2.24) is 0 Å². The number of nitrogens with two attached hydrogens (primary N) is 1. The first kappa shape index (κ1) is 14.4. The van der Waals surface area contributed by atoms with Crippen molar-refractivity contribution >= 4 is 11.9 Å². The van der Waals surface area contributed by atoms with Crippen LogP contribution >= 0.6 is 0 Å². The van der Waals surface area contributed by atoms with Crippen LogP contribution in [0.25, 0.3) is 0 Å². The van der Waals surface area contributed by atoms with E-state index in [4.69, 9.17) is 15.2 Å². The lowest BCUT2D eigenvalue weighted by molar-refractivity contribution is -0.153. The fraction of sp³-hybridized carbons (Fsp3) is 0.455. The third-order valence-corrected chi connectivity index (χ3v) is 1.63. The molecule has 0 heterocycles. The van der Waals surface area contributed by atoms with Gasteiger partial charge < -0.3 is 15.2 Å². The van der Waals surface area contributed by atoms with Crippen molar-refractivity contribution in [2.45, 2.75) is 20.0 Å². The summed E-state index contributed by atoms with van der Waals surface area (Å²) < 4.78 is 9.73. The quantitative estimate of drug-likeness (QED) is 0.529. The number of hydrogen-bond acceptors (Lipinski definition) is 5. The largest absolute Gasteiger partial charge is 0.458 e. The third-order valence-electron chi connectivity index (χ3n) is 1.63. The molecule has 0 amide bonds. The monoisotopic (exact) mass is 227 g/mol. The first-order chi connectivity index (χ1) is 7.38. The molecule has 0 aromatic rings. The smallest absolute Gasteiger partial charge is 0.333 e. The highest BCUT2D eigenvalue weighted by atomic mass is 16.6. The molecule has 5 heteroatoms. The first-order valence-electron chi connectivity index (χ1n) is 4.77. The Morgan fingerprint density at radius 1 is 1.19 bits per heavy atom. The average Bonchev–Trinajstić information content (AvgIpc) is 2.22. The minimum Gasteiger partial charge on any atom is -0.458 e. The van der Waals surface area contributed by atoms with Gasteiger partial charge >= 0.3 is 11.9 Å². The SMILES string of the molecule is C=C(C)C(=O)OCC(CN)OC(=O)C(=C)C. The highest BCUT2D eigenvalue weighted by molar-refractivity contribution is 5.87. The second kappa shape index (κ2) is 6.79. The van der Waals surface area contributed by atoms with Crippen LogP contribution in [0.15, 0.2) is 24.3 Å². The Labute approximate surface area is 94.9 Å². The van der Waals surface area contributed by atoms with E-state index >= 15 is 0 Å². The van der Waals surface area contributed by atoms with E-state index in [1.54, 1.807) is 0 Å². The van der Waals surface area contributed by atoms with Crippen molar-refractivity contribution in [2.24, 2.45) is 5.73 Å². The molecule has 2 N–H and O–H groups in total. The minimum absolute atomic E-state index is 0.0719. The van der Waals surface area contributed by atoms with Gasteiger partial charge in [-0.25, -0.2) is 9.59 Å². The van der Waals surface area contributed by atoms with Crippen LogP contribution in [0.5, 0.6) is 0 Å². The van der Waals surface area contributed by atoms with Gasteiger partial charge in [0.15, 0.2) is 0 Å². The molecule has 90 valence electrons. The van der Waals surface area contributed by atoms with Crippen LogP contribution < -0.4 is 5.73 Å². The van der Waals surface area contributed by atoms with Crippen LogP contribution in [0.3, 0.4) is 0 Å². The van der Waals surface area contributed by atoms with Crippen molar-refractivity contribution in [3.63, 3.8) is 0 Å². The summed E-state index contributed by atoms with van der Waals surface area (Å²) in [5, 5.41) is 0. The molecule has 0 rings (SSSR count). The van der Waals surface area contributed by atoms with E-state index < -0.39 is 18.0 Å². The molecule has 0 aliphatic carbocycles. The number of esters is 2. The molecule has 1 unspecified atom stereocenters. The Balaban J connectivity index is 4.11. The third kappa shape index (κ3) is 5.31. The van der Waals surface area contributed by atoms with E-state index in [-0.39, 0.29) is 24.3 Å². The molecular formula is C11H17NO4. The maximum atomic E-state index is 11.2. The van der Waals surface area contributed by atoms with Gasteiger partial charge in [0, 0.05) is 17.7 Å². The van der Waals surface area contributed by atoms with E-state index in [2.05, 4.69) is 13.2 Å².